The molecule has 3 N–H and O–H groups in total. The van der Waals surface area contributed by atoms with Gasteiger partial charge in [0, 0.05) is 30.7 Å². The van der Waals surface area contributed by atoms with E-state index in [2.05, 4.69) is 40.8 Å². The van der Waals surface area contributed by atoms with Crippen molar-refractivity contribution in [2.75, 3.05) is 6.54 Å². The average molecular weight is 485 g/mol. The summed E-state index contributed by atoms with van der Waals surface area (Å²) in [6, 6.07) is 4.74. The van der Waals surface area contributed by atoms with E-state index < -0.39 is 0 Å². The van der Waals surface area contributed by atoms with Gasteiger partial charge in [-0.2, -0.15) is 0 Å². The zero-order chi connectivity index (χ0) is 18.4. The Labute approximate surface area is 179 Å². The molecule has 2 atom stereocenters. The Morgan fingerprint density at radius 1 is 1.22 bits per heavy atom. The molecule has 0 aromatic carbocycles. The summed E-state index contributed by atoms with van der Waals surface area (Å²) in [6.07, 6.45) is 8.14. The summed E-state index contributed by atoms with van der Waals surface area (Å²) < 4.78 is 0. The van der Waals surface area contributed by atoms with Gasteiger partial charge in [-0.15, -0.1) is 24.0 Å². The maximum Gasteiger partial charge on any atom is 0.223 e. The van der Waals surface area contributed by atoms with Gasteiger partial charge in [0.2, 0.25) is 5.91 Å². The number of aliphatic imine (C=N–C) groups is 1. The molecule has 7 heteroatoms. The molecular formula is C20H32IN5O. The molecule has 1 heterocycles. The van der Waals surface area contributed by atoms with E-state index in [1.807, 2.05) is 12.3 Å². The predicted molar refractivity (Wildman–Crippen MR) is 119 cm³/mol. The lowest BCUT2D eigenvalue weighted by atomic mass is 9.85. The van der Waals surface area contributed by atoms with Crippen LogP contribution >= 0.6 is 24.0 Å². The molecule has 2 aliphatic carbocycles. The van der Waals surface area contributed by atoms with Crippen molar-refractivity contribution in [2.24, 2.45) is 10.9 Å². The van der Waals surface area contributed by atoms with Crippen LogP contribution in [0.4, 0.5) is 0 Å². The number of rotatable bonds is 6. The lowest BCUT2D eigenvalue weighted by Crippen LogP contribution is -2.47. The first-order valence-corrected chi connectivity index (χ1v) is 9.91. The number of halogens is 1. The van der Waals surface area contributed by atoms with E-state index in [-0.39, 0.29) is 35.8 Å². The summed E-state index contributed by atoms with van der Waals surface area (Å²) in [5, 5.41) is 10.0. The molecule has 2 saturated carbocycles. The number of nitrogens with one attached hydrogen (secondary N) is 3. The fourth-order valence-corrected chi connectivity index (χ4v) is 3.46. The number of aromatic nitrogens is 1. The Balaban J connectivity index is 0.00000261. The normalized spacial score (nSPS) is 22.5. The quantitative estimate of drug-likeness (QED) is 0.329. The molecule has 2 fully saturated rings. The number of pyridine rings is 1. The van der Waals surface area contributed by atoms with Crippen molar-refractivity contribution in [3.63, 3.8) is 0 Å². The average Bonchev–Trinajstić information content (AvgIpc) is 3.45. The maximum atomic E-state index is 12.4. The molecule has 150 valence electrons. The third-order valence-electron chi connectivity index (χ3n) is 5.16. The van der Waals surface area contributed by atoms with Crippen LogP contribution < -0.4 is 16.0 Å². The Morgan fingerprint density at radius 3 is 2.74 bits per heavy atom. The van der Waals surface area contributed by atoms with E-state index in [0.29, 0.717) is 18.6 Å². The number of hydrogen-bond acceptors (Lipinski definition) is 3. The molecule has 0 spiro atoms. The molecule has 1 aromatic rings. The van der Waals surface area contributed by atoms with Crippen LogP contribution in [0.25, 0.3) is 0 Å². The number of nitrogens with zero attached hydrogens (tertiary/aromatic N) is 2. The summed E-state index contributed by atoms with van der Waals surface area (Å²) >= 11 is 0. The Bertz CT molecular complexity index is 647. The molecule has 0 radical (unpaired) electrons. The van der Waals surface area contributed by atoms with Crippen LogP contribution in [0, 0.1) is 12.8 Å². The second-order valence-electron chi connectivity index (χ2n) is 7.45. The van der Waals surface area contributed by atoms with Gasteiger partial charge in [-0.25, -0.2) is 4.99 Å². The lowest BCUT2D eigenvalue weighted by Gasteiger charge is -2.30. The first-order chi connectivity index (χ1) is 12.7. The maximum absolute atomic E-state index is 12.4. The highest BCUT2D eigenvalue weighted by Gasteiger charge is 2.31. The summed E-state index contributed by atoms with van der Waals surface area (Å²) in [7, 11) is 0. The van der Waals surface area contributed by atoms with Gasteiger partial charge >= 0.3 is 0 Å². The second-order valence-corrected chi connectivity index (χ2v) is 7.45. The van der Waals surface area contributed by atoms with Crippen LogP contribution in [-0.2, 0) is 11.3 Å². The van der Waals surface area contributed by atoms with E-state index in [1.54, 1.807) is 0 Å². The fraction of sp³-hybridized carbons (Fsp3) is 0.650. The Hall–Kier alpha value is -1.38. The van der Waals surface area contributed by atoms with Crippen molar-refractivity contribution in [1.82, 2.24) is 20.9 Å². The summed E-state index contributed by atoms with van der Waals surface area (Å²) in [5.74, 6) is 1.18. The van der Waals surface area contributed by atoms with E-state index >= 15 is 0 Å². The zero-order valence-electron chi connectivity index (χ0n) is 16.3. The molecule has 2 aliphatic rings. The van der Waals surface area contributed by atoms with E-state index in [0.717, 1.165) is 62.3 Å². The number of carbonyl (C=O) groups is 1. The standard InChI is InChI=1S/C20H31N5O.HI/c1-3-21-20(23-13-18-14(2)6-5-11-22-18)25-17-8-4-7-15(12-17)19(26)24-16-9-10-16;/h5-6,11,15-17H,3-4,7-10,12-13H2,1-2H3,(H,24,26)(H2,21,23,25);1H. The number of carbonyl (C=O) groups excluding carboxylic acids is 1. The van der Waals surface area contributed by atoms with Crippen molar-refractivity contribution >= 4 is 35.8 Å². The van der Waals surface area contributed by atoms with E-state index in [1.165, 1.54) is 0 Å². The number of guanidine groups is 1. The number of amides is 1. The number of aryl methyl sites for hydroxylation is 1. The third kappa shape index (κ3) is 6.93. The van der Waals surface area contributed by atoms with E-state index in [4.69, 9.17) is 4.99 Å². The van der Waals surface area contributed by atoms with E-state index in [9.17, 15) is 4.79 Å². The molecule has 6 nitrogen and oxygen atoms in total. The minimum absolute atomic E-state index is 0. The molecule has 1 aromatic heterocycles. The molecular weight excluding hydrogens is 453 g/mol. The largest absolute Gasteiger partial charge is 0.357 e. The third-order valence-corrected chi connectivity index (χ3v) is 5.16. The van der Waals surface area contributed by atoms with Crippen LogP contribution in [0.15, 0.2) is 23.3 Å². The summed E-state index contributed by atoms with van der Waals surface area (Å²) in [6.45, 7) is 5.49. The molecule has 27 heavy (non-hydrogen) atoms. The van der Waals surface area contributed by atoms with Crippen molar-refractivity contribution in [3.05, 3.63) is 29.6 Å². The first kappa shape index (κ1) is 21.9. The smallest absolute Gasteiger partial charge is 0.223 e. The Kier molecular flexibility index (Phi) is 8.79. The SMILES string of the molecule is CCNC(=NCc1ncccc1C)NC1CCCC(C(=O)NC2CC2)C1.I. The minimum atomic E-state index is 0. The van der Waals surface area contributed by atoms with Crippen molar-refractivity contribution in [1.29, 1.82) is 0 Å². The van der Waals surface area contributed by atoms with Gasteiger partial charge in [0.05, 0.1) is 12.2 Å². The molecule has 1 amide bonds. The fourth-order valence-electron chi connectivity index (χ4n) is 3.46. The minimum Gasteiger partial charge on any atom is -0.357 e. The summed E-state index contributed by atoms with van der Waals surface area (Å²) in [5.41, 5.74) is 2.15. The van der Waals surface area contributed by atoms with Gasteiger partial charge in [-0.1, -0.05) is 12.5 Å². The molecule has 2 unspecified atom stereocenters. The lowest BCUT2D eigenvalue weighted by molar-refractivity contribution is -0.126. The molecule has 0 bridgehead atoms. The van der Waals surface area contributed by atoms with Crippen LogP contribution in [0.1, 0.15) is 56.7 Å². The second kappa shape index (κ2) is 10.8. The van der Waals surface area contributed by atoms with Crippen LogP contribution in [0.5, 0.6) is 0 Å². The van der Waals surface area contributed by atoms with Crippen LogP contribution in [0.3, 0.4) is 0 Å². The molecule has 0 aliphatic heterocycles. The predicted octanol–water partition coefficient (Wildman–Crippen LogP) is 2.90. The van der Waals surface area contributed by atoms with Crippen molar-refractivity contribution in [2.45, 2.75) is 71.0 Å². The molecule has 0 saturated heterocycles. The summed E-state index contributed by atoms with van der Waals surface area (Å²) in [4.78, 5) is 21.5. The zero-order valence-corrected chi connectivity index (χ0v) is 18.7. The van der Waals surface area contributed by atoms with Gasteiger partial charge in [0.1, 0.15) is 0 Å². The van der Waals surface area contributed by atoms with Crippen molar-refractivity contribution < 1.29 is 4.79 Å². The van der Waals surface area contributed by atoms with Gasteiger partial charge in [-0.3, -0.25) is 9.78 Å². The Morgan fingerprint density at radius 2 is 2.04 bits per heavy atom. The first-order valence-electron chi connectivity index (χ1n) is 9.91. The highest BCUT2D eigenvalue weighted by molar-refractivity contribution is 14.0. The van der Waals surface area contributed by atoms with Gasteiger partial charge in [0.15, 0.2) is 5.96 Å². The van der Waals surface area contributed by atoms with Crippen LogP contribution in [-0.4, -0.2) is 35.5 Å². The molecule has 3 rings (SSSR count). The van der Waals surface area contributed by atoms with Crippen LogP contribution in [0.2, 0.25) is 0 Å². The topological polar surface area (TPSA) is 78.4 Å². The monoisotopic (exact) mass is 485 g/mol. The van der Waals surface area contributed by atoms with Gasteiger partial charge < -0.3 is 16.0 Å². The highest BCUT2D eigenvalue weighted by Crippen LogP contribution is 2.26. The van der Waals surface area contributed by atoms with Gasteiger partial charge in [0.25, 0.3) is 0 Å². The number of hydrogen-bond donors (Lipinski definition) is 3. The highest BCUT2D eigenvalue weighted by atomic mass is 127. The van der Waals surface area contributed by atoms with Gasteiger partial charge in [-0.05, 0) is 57.6 Å². The van der Waals surface area contributed by atoms with Crippen molar-refractivity contribution in [3.8, 4) is 0 Å².